The van der Waals surface area contributed by atoms with E-state index in [4.69, 9.17) is 4.42 Å². The molecule has 2 saturated heterocycles. The molecule has 2 fully saturated rings. The van der Waals surface area contributed by atoms with Gasteiger partial charge in [0.1, 0.15) is 0 Å². The van der Waals surface area contributed by atoms with Crippen molar-refractivity contribution in [3.05, 3.63) is 24.2 Å². The van der Waals surface area contributed by atoms with Gasteiger partial charge in [0.15, 0.2) is 0 Å². The van der Waals surface area contributed by atoms with Gasteiger partial charge >= 0.3 is 6.03 Å². The Hall–Kier alpha value is -2.02. The average Bonchev–Trinajstić information content (AvgIpc) is 3.08. The van der Waals surface area contributed by atoms with E-state index in [2.05, 4.69) is 10.2 Å². The van der Waals surface area contributed by atoms with Gasteiger partial charge in [-0.1, -0.05) is 0 Å². The highest BCUT2D eigenvalue weighted by Gasteiger charge is 2.44. The quantitative estimate of drug-likeness (QED) is 0.866. The van der Waals surface area contributed by atoms with Crippen molar-refractivity contribution in [2.24, 2.45) is 5.41 Å². The molecule has 1 N–H and O–H groups in total. The molecule has 0 aromatic carbocycles. The molecule has 2 aliphatic heterocycles. The number of hydrogen-bond donors (Lipinski definition) is 1. The Morgan fingerprint density at radius 1 is 1.39 bits per heavy atom. The van der Waals surface area contributed by atoms with Crippen LogP contribution in [0.5, 0.6) is 0 Å². The molecule has 2 aliphatic rings. The fraction of sp³-hybridized carbons (Fsp3) is 0.625. The number of furan rings is 1. The Morgan fingerprint density at radius 2 is 2.22 bits per heavy atom. The van der Waals surface area contributed by atoms with Crippen molar-refractivity contribution in [1.82, 2.24) is 20.0 Å². The summed E-state index contributed by atoms with van der Waals surface area (Å²) in [4.78, 5) is 30.0. The van der Waals surface area contributed by atoms with Crippen molar-refractivity contribution < 1.29 is 14.0 Å². The number of nitrogens with zero attached hydrogens (tertiary/aromatic N) is 3. The van der Waals surface area contributed by atoms with E-state index >= 15 is 0 Å². The Morgan fingerprint density at radius 3 is 2.83 bits per heavy atom. The summed E-state index contributed by atoms with van der Waals surface area (Å²) in [5, 5.41) is 2.94. The minimum atomic E-state index is -0.205. The van der Waals surface area contributed by atoms with Crippen LogP contribution in [0.25, 0.3) is 0 Å². The highest BCUT2D eigenvalue weighted by molar-refractivity contribution is 5.80. The third-order valence-corrected chi connectivity index (χ3v) is 4.61. The zero-order chi connectivity index (χ0) is 16.4. The maximum atomic E-state index is 12.4. The summed E-state index contributed by atoms with van der Waals surface area (Å²) >= 11 is 0. The largest absolute Gasteiger partial charge is 0.472 e. The van der Waals surface area contributed by atoms with Gasteiger partial charge < -0.3 is 19.5 Å². The smallest absolute Gasteiger partial charge is 0.319 e. The molecule has 23 heavy (non-hydrogen) atoms. The summed E-state index contributed by atoms with van der Waals surface area (Å²) in [5.74, 6) is 0.0763. The van der Waals surface area contributed by atoms with Gasteiger partial charge in [-0.2, -0.15) is 0 Å². The molecule has 1 spiro atoms. The van der Waals surface area contributed by atoms with Gasteiger partial charge in [-0.3, -0.25) is 9.69 Å². The number of amides is 3. The number of carbonyl (C=O) groups excluding carboxylic acids is 2. The van der Waals surface area contributed by atoms with Gasteiger partial charge in [0.05, 0.1) is 12.5 Å². The van der Waals surface area contributed by atoms with Crippen LogP contribution in [0.1, 0.15) is 12.0 Å². The Labute approximate surface area is 136 Å². The normalized spacial score (nSPS) is 25.5. The highest BCUT2D eigenvalue weighted by Crippen LogP contribution is 2.31. The number of urea groups is 1. The second-order valence-corrected chi connectivity index (χ2v) is 6.89. The molecule has 126 valence electrons. The summed E-state index contributed by atoms with van der Waals surface area (Å²) in [7, 11) is 3.53. The third-order valence-electron chi connectivity index (χ3n) is 4.61. The zero-order valence-corrected chi connectivity index (χ0v) is 13.7. The second-order valence-electron chi connectivity index (χ2n) is 6.89. The second kappa shape index (κ2) is 6.23. The Balaban J connectivity index is 1.78. The number of nitrogens with one attached hydrogen (secondary N) is 1. The van der Waals surface area contributed by atoms with Crippen LogP contribution >= 0.6 is 0 Å². The molecule has 1 aromatic heterocycles. The van der Waals surface area contributed by atoms with Crippen LogP contribution in [0.15, 0.2) is 23.0 Å². The Bertz CT molecular complexity index is 572. The van der Waals surface area contributed by atoms with Crippen LogP contribution < -0.4 is 5.32 Å². The van der Waals surface area contributed by atoms with Crippen LogP contribution in [0, 0.1) is 5.41 Å². The lowest BCUT2D eigenvalue weighted by molar-refractivity contribution is -0.119. The molecule has 3 rings (SSSR count). The Kier molecular flexibility index (Phi) is 4.30. The molecular weight excluding hydrogens is 296 g/mol. The molecule has 3 heterocycles. The van der Waals surface area contributed by atoms with Gasteiger partial charge in [-0.05, 0) is 6.07 Å². The van der Waals surface area contributed by atoms with E-state index < -0.39 is 0 Å². The summed E-state index contributed by atoms with van der Waals surface area (Å²) < 4.78 is 5.15. The van der Waals surface area contributed by atoms with Crippen molar-refractivity contribution >= 4 is 11.9 Å². The van der Waals surface area contributed by atoms with E-state index in [1.165, 1.54) is 0 Å². The van der Waals surface area contributed by atoms with E-state index in [1.807, 2.05) is 11.0 Å². The summed E-state index contributed by atoms with van der Waals surface area (Å²) in [6, 6.07) is 1.96. The third kappa shape index (κ3) is 3.50. The first-order valence-corrected chi connectivity index (χ1v) is 7.94. The average molecular weight is 320 g/mol. The van der Waals surface area contributed by atoms with Gasteiger partial charge in [-0.25, -0.2) is 4.79 Å². The fourth-order valence-electron chi connectivity index (χ4n) is 3.55. The van der Waals surface area contributed by atoms with Crippen molar-refractivity contribution in [3.63, 3.8) is 0 Å². The van der Waals surface area contributed by atoms with E-state index in [0.717, 1.165) is 25.2 Å². The van der Waals surface area contributed by atoms with E-state index in [-0.39, 0.29) is 17.4 Å². The first-order valence-electron chi connectivity index (χ1n) is 7.94. The SMILES string of the molecule is CN(C)C(=O)N1CCN(Cc2ccoc2)C[C@@]2(CNC(=O)C2)C1. The lowest BCUT2D eigenvalue weighted by Crippen LogP contribution is -2.47. The van der Waals surface area contributed by atoms with E-state index in [1.54, 1.807) is 31.5 Å². The zero-order valence-electron chi connectivity index (χ0n) is 13.7. The molecule has 0 unspecified atom stereocenters. The van der Waals surface area contributed by atoms with Crippen LogP contribution in [0.3, 0.4) is 0 Å². The minimum absolute atomic E-state index is 0.00823. The maximum Gasteiger partial charge on any atom is 0.319 e. The number of hydrogen-bond acceptors (Lipinski definition) is 4. The molecule has 1 atom stereocenters. The molecular formula is C16H24N4O3. The predicted octanol–water partition coefficient (Wildman–Crippen LogP) is 0.585. The van der Waals surface area contributed by atoms with E-state index in [0.29, 0.717) is 26.1 Å². The lowest BCUT2D eigenvalue weighted by Gasteiger charge is -2.33. The molecule has 0 saturated carbocycles. The minimum Gasteiger partial charge on any atom is -0.472 e. The van der Waals surface area contributed by atoms with E-state index in [9.17, 15) is 9.59 Å². The van der Waals surface area contributed by atoms with Crippen molar-refractivity contribution in [2.45, 2.75) is 13.0 Å². The molecule has 0 aliphatic carbocycles. The molecule has 0 bridgehead atoms. The van der Waals surface area contributed by atoms with Gasteiger partial charge in [-0.15, -0.1) is 0 Å². The van der Waals surface area contributed by atoms with Gasteiger partial charge in [0.2, 0.25) is 5.91 Å². The number of rotatable bonds is 2. The molecule has 7 nitrogen and oxygen atoms in total. The summed E-state index contributed by atoms with van der Waals surface area (Å²) in [6.45, 7) is 4.28. The highest BCUT2D eigenvalue weighted by atomic mass is 16.3. The predicted molar refractivity (Wildman–Crippen MR) is 84.7 cm³/mol. The first kappa shape index (κ1) is 15.9. The summed E-state index contributed by atoms with van der Waals surface area (Å²) in [6.07, 6.45) is 3.90. The van der Waals surface area contributed by atoms with Gasteiger partial charge in [0.25, 0.3) is 0 Å². The van der Waals surface area contributed by atoms with Crippen molar-refractivity contribution in [3.8, 4) is 0 Å². The van der Waals surface area contributed by atoms with Crippen molar-refractivity contribution in [2.75, 3.05) is 46.8 Å². The van der Waals surface area contributed by atoms with Gasteiger partial charge in [0, 0.05) is 70.8 Å². The van der Waals surface area contributed by atoms with Crippen molar-refractivity contribution in [1.29, 1.82) is 0 Å². The molecule has 1 aromatic rings. The standard InChI is InChI=1S/C16H24N4O3/c1-18(2)15(22)20-5-4-19(8-13-3-6-23-9-13)11-16(12-20)7-14(21)17-10-16/h3,6,9H,4-5,7-8,10-12H2,1-2H3,(H,17,21)/t16-/m1/s1. The monoisotopic (exact) mass is 320 g/mol. The maximum absolute atomic E-state index is 12.4. The fourth-order valence-corrected chi connectivity index (χ4v) is 3.55. The number of carbonyl (C=O) groups is 2. The van der Waals surface area contributed by atoms with Crippen LogP contribution in [-0.2, 0) is 11.3 Å². The summed E-state index contributed by atoms with van der Waals surface area (Å²) in [5.41, 5.74) is 0.910. The lowest BCUT2D eigenvalue weighted by atomic mass is 9.86. The molecule has 0 radical (unpaired) electrons. The van der Waals surface area contributed by atoms with Crippen LogP contribution in [0.2, 0.25) is 0 Å². The molecule has 3 amide bonds. The van der Waals surface area contributed by atoms with Crippen LogP contribution in [-0.4, -0.2) is 73.5 Å². The van der Waals surface area contributed by atoms with Crippen LogP contribution in [0.4, 0.5) is 4.79 Å². The first-order chi connectivity index (χ1) is 11.0. The topological polar surface area (TPSA) is 69.0 Å². The molecule has 7 heteroatoms.